The summed E-state index contributed by atoms with van der Waals surface area (Å²) in [5.74, 6) is -0.206. The maximum Gasteiger partial charge on any atom is 0.336 e. The highest BCUT2D eigenvalue weighted by molar-refractivity contribution is 6.03. The van der Waals surface area contributed by atoms with Crippen molar-refractivity contribution in [2.45, 2.75) is 38.7 Å². The highest BCUT2D eigenvalue weighted by Crippen LogP contribution is 2.43. The number of ether oxygens (including phenoxy) is 3. The summed E-state index contributed by atoms with van der Waals surface area (Å²) in [5.41, 5.74) is 4.13. The average molecular weight is 451 g/mol. The SMILES string of the molecule is COC(=O)C1=C(C)NC2=C(C(=O)CCC2)C1c1ccc(COc2ccc(F)cc2)c(OC)c1. The third-order valence-electron chi connectivity index (χ3n) is 6.03. The normalized spacial score (nSPS) is 17.9. The van der Waals surface area contributed by atoms with E-state index in [0.29, 0.717) is 34.8 Å². The van der Waals surface area contributed by atoms with Crippen molar-refractivity contribution in [3.63, 3.8) is 0 Å². The Morgan fingerprint density at radius 2 is 1.88 bits per heavy atom. The number of ketones is 1. The van der Waals surface area contributed by atoms with Crippen LogP contribution in [-0.4, -0.2) is 26.0 Å². The molecule has 0 spiro atoms. The van der Waals surface area contributed by atoms with Crippen LogP contribution in [0.15, 0.2) is 65.0 Å². The highest BCUT2D eigenvalue weighted by Gasteiger charge is 2.39. The number of allylic oxidation sites excluding steroid dienone is 3. The van der Waals surface area contributed by atoms with E-state index in [1.54, 1.807) is 19.2 Å². The van der Waals surface area contributed by atoms with Gasteiger partial charge in [-0.25, -0.2) is 9.18 Å². The Kier molecular flexibility index (Phi) is 6.49. The average Bonchev–Trinajstić information content (AvgIpc) is 2.82. The number of hydrogen-bond donors (Lipinski definition) is 1. The van der Waals surface area contributed by atoms with Crippen molar-refractivity contribution in [3.8, 4) is 11.5 Å². The lowest BCUT2D eigenvalue weighted by molar-refractivity contribution is -0.136. The molecule has 0 saturated carbocycles. The molecule has 33 heavy (non-hydrogen) atoms. The largest absolute Gasteiger partial charge is 0.496 e. The van der Waals surface area contributed by atoms with E-state index >= 15 is 0 Å². The molecule has 0 fully saturated rings. The molecule has 4 rings (SSSR count). The number of esters is 1. The number of hydrogen-bond acceptors (Lipinski definition) is 6. The van der Waals surface area contributed by atoms with Gasteiger partial charge in [0, 0.05) is 34.9 Å². The first kappa shape index (κ1) is 22.6. The zero-order chi connectivity index (χ0) is 23.5. The summed E-state index contributed by atoms with van der Waals surface area (Å²) in [7, 11) is 2.89. The molecule has 7 heteroatoms. The molecule has 0 amide bonds. The number of rotatable bonds is 6. The molecule has 0 radical (unpaired) electrons. The van der Waals surface area contributed by atoms with Gasteiger partial charge < -0.3 is 19.5 Å². The van der Waals surface area contributed by atoms with E-state index in [-0.39, 0.29) is 18.2 Å². The van der Waals surface area contributed by atoms with Crippen molar-refractivity contribution >= 4 is 11.8 Å². The van der Waals surface area contributed by atoms with Crippen LogP contribution in [0.1, 0.15) is 43.2 Å². The number of benzene rings is 2. The van der Waals surface area contributed by atoms with Gasteiger partial charge in [-0.3, -0.25) is 4.79 Å². The maximum atomic E-state index is 13.1. The van der Waals surface area contributed by atoms with Crippen LogP contribution in [0.25, 0.3) is 0 Å². The minimum Gasteiger partial charge on any atom is -0.496 e. The predicted molar refractivity (Wildman–Crippen MR) is 120 cm³/mol. The lowest BCUT2D eigenvalue weighted by atomic mass is 9.75. The number of methoxy groups -OCH3 is 2. The summed E-state index contributed by atoms with van der Waals surface area (Å²) in [6.45, 7) is 2.04. The van der Waals surface area contributed by atoms with Gasteiger partial charge in [-0.15, -0.1) is 0 Å². The van der Waals surface area contributed by atoms with Gasteiger partial charge in [0.05, 0.1) is 19.8 Å². The Balaban J connectivity index is 1.71. The van der Waals surface area contributed by atoms with Gasteiger partial charge in [-0.05, 0) is 55.7 Å². The molecular formula is C26H26FNO5. The Morgan fingerprint density at radius 3 is 2.58 bits per heavy atom. The Hall–Kier alpha value is -3.61. The zero-order valence-corrected chi connectivity index (χ0v) is 18.9. The molecule has 172 valence electrons. The quantitative estimate of drug-likeness (QED) is 0.650. The molecule has 2 aromatic carbocycles. The van der Waals surface area contributed by atoms with E-state index < -0.39 is 11.9 Å². The maximum absolute atomic E-state index is 13.1. The number of nitrogens with one attached hydrogen (secondary N) is 1. The van der Waals surface area contributed by atoms with Gasteiger partial charge >= 0.3 is 5.97 Å². The van der Waals surface area contributed by atoms with Crippen molar-refractivity contribution in [3.05, 3.63) is 81.9 Å². The van der Waals surface area contributed by atoms with E-state index in [4.69, 9.17) is 14.2 Å². The molecular weight excluding hydrogens is 425 g/mol. The van der Waals surface area contributed by atoms with Crippen LogP contribution in [0.5, 0.6) is 11.5 Å². The lowest BCUT2D eigenvalue weighted by Crippen LogP contribution is -2.34. The zero-order valence-electron chi connectivity index (χ0n) is 18.9. The summed E-state index contributed by atoms with van der Waals surface area (Å²) < 4.78 is 29.6. The van der Waals surface area contributed by atoms with Crippen molar-refractivity contribution in [1.82, 2.24) is 5.32 Å². The fraction of sp³-hybridized carbons (Fsp3) is 0.308. The molecule has 1 atom stereocenters. The molecule has 2 aromatic rings. The van der Waals surface area contributed by atoms with Crippen LogP contribution < -0.4 is 14.8 Å². The van der Waals surface area contributed by atoms with Crippen LogP contribution >= 0.6 is 0 Å². The second-order valence-corrected chi connectivity index (χ2v) is 8.07. The smallest absolute Gasteiger partial charge is 0.336 e. The van der Waals surface area contributed by atoms with E-state index in [1.807, 2.05) is 25.1 Å². The van der Waals surface area contributed by atoms with Crippen molar-refractivity contribution in [2.75, 3.05) is 14.2 Å². The third-order valence-corrected chi connectivity index (χ3v) is 6.03. The molecule has 0 saturated heterocycles. The summed E-state index contributed by atoms with van der Waals surface area (Å²) in [4.78, 5) is 25.6. The van der Waals surface area contributed by atoms with Gasteiger partial charge in [-0.1, -0.05) is 12.1 Å². The second kappa shape index (κ2) is 9.48. The van der Waals surface area contributed by atoms with Gasteiger partial charge in [0.25, 0.3) is 0 Å². The number of carbonyl (C=O) groups excluding carboxylic acids is 2. The van der Waals surface area contributed by atoms with Gasteiger partial charge in [0.15, 0.2) is 5.78 Å². The first-order valence-corrected chi connectivity index (χ1v) is 10.8. The summed E-state index contributed by atoms with van der Waals surface area (Å²) in [6.07, 6.45) is 1.98. The molecule has 1 N–H and O–H groups in total. The number of halogens is 1. The molecule has 1 aliphatic heterocycles. The van der Waals surface area contributed by atoms with Crippen LogP contribution in [0.2, 0.25) is 0 Å². The first-order chi connectivity index (χ1) is 15.9. The first-order valence-electron chi connectivity index (χ1n) is 10.8. The molecule has 1 aliphatic carbocycles. The topological polar surface area (TPSA) is 73.9 Å². The number of dihydropyridines is 1. The van der Waals surface area contributed by atoms with Crippen LogP contribution in [0.4, 0.5) is 4.39 Å². The van der Waals surface area contributed by atoms with Crippen molar-refractivity contribution in [1.29, 1.82) is 0 Å². The third kappa shape index (κ3) is 4.49. The molecule has 0 bridgehead atoms. The molecule has 6 nitrogen and oxygen atoms in total. The lowest BCUT2D eigenvalue weighted by Gasteiger charge is -2.34. The Morgan fingerprint density at radius 1 is 1.12 bits per heavy atom. The summed E-state index contributed by atoms with van der Waals surface area (Å²) >= 11 is 0. The van der Waals surface area contributed by atoms with E-state index in [1.165, 1.54) is 19.2 Å². The minimum atomic E-state index is -0.539. The Labute approximate surface area is 192 Å². The van der Waals surface area contributed by atoms with Crippen molar-refractivity contribution in [2.24, 2.45) is 0 Å². The van der Waals surface area contributed by atoms with Gasteiger partial charge in [0.1, 0.15) is 23.9 Å². The van der Waals surface area contributed by atoms with Crippen molar-refractivity contribution < 1.29 is 28.2 Å². The highest BCUT2D eigenvalue weighted by atomic mass is 19.1. The predicted octanol–water partition coefficient (Wildman–Crippen LogP) is 4.55. The van der Waals surface area contributed by atoms with Crippen LogP contribution in [-0.2, 0) is 20.9 Å². The van der Waals surface area contributed by atoms with E-state index in [0.717, 1.165) is 29.7 Å². The van der Waals surface area contributed by atoms with Crippen LogP contribution in [0.3, 0.4) is 0 Å². The van der Waals surface area contributed by atoms with Gasteiger partial charge in [-0.2, -0.15) is 0 Å². The monoisotopic (exact) mass is 451 g/mol. The summed E-state index contributed by atoms with van der Waals surface area (Å²) in [6, 6.07) is 11.4. The van der Waals surface area contributed by atoms with E-state index in [2.05, 4.69) is 5.32 Å². The fourth-order valence-electron chi connectivity index (χ4n) is 4.45. The molecule has 0 aromatic heterocycles. The molecule has 1 unspecified atom stereocenters. The fourth-order valence-corrected chi connectivity index (χ4v) is 4.45. The van der Waals surface area contributed by atoms with Crippen LogP contribution in [0, 0.1) is 5.82 Å². The number of Topliss-reactive ketones (excluding diaryl/α,β-unsaturated/α-hetero) is 1. The number of carbonyl (C=O) groups is 2. The second-order valence-electron chi connectivity index (χ2n) is 8.07. The molecule has 1 heterocycles. The standard InChI is InChI=1S/C26H26FNO5/c1-15-23(26(30)32-3)24(25-20(28-15)5-4-6-21(25)29)16-7-8-17(22(13-16)31-2)14-33-19-11-9-18(27)10-12-19/h7-13,24,28H,4-6,14H2,1-3H3. The molecule has 2 aliphatic rings. The van der Waals surface area contributed by atoms with E-state index in [9.17, 15) is 14.0 Å². The minimum absolute atomic E-state index is 0.0327. The summed E-state index contributed by atoms with van der Waals surface area (Å²) in [5, 5.41) is 3.26. The Bertz CT molecular complexity index is 1150. The van der Waals surface area contributed by atoms with Gasteiger partial charge in [0.2, 0.25) is 0 Å².